The highest BCUT2D eigenvalue weighted by molar-refractivity contribution is 7.91. The molecular formula is C21H19NO5S2. The molecule has 2 heterocycles. The van der Waals surface area contributed by atoms with Gasteiger partial charge in [-0.1, -0.05) is 18.2 Å². The number of anilines is 1. The Balaban J connectivity index is 1.81. The summed E-state index contributed by atoms with van der Waals surface area (Å²) < 4.78 is 37.0. The highest BCUT2D eigenvalue weighted by Gasteiger charge is 2.35. The van der Waals surface area contributed by atoms with Gasteiger partial charge in [0.2, 0.25) is 15.7 Å². The van der Waals surface area contributed by atoms with E-state index in [4.69, 9.17) is 9.47 Å². The zero-order valence-electron chi connectivity index (χ0n) is 15.8. The lowest BCUT2D eigenvalue weighted by atomic mass is 9.90. The monoisotopic (exact) mass is 429 g/mol. The lowest BCUT2D eigenvalue weighted by molar-refractivity contribution is -0.116. The van der Waals surface area contributed by atoms with Crippen LogP contribution in [-0.2, 0) is 14.6 Å². The number of sulfone groups is 1. The maximum Gasteiger partial charge on any atom is 0.225 e. The molecule has 8 heteroatoms. The summed E-state index contributed by atoms with van der Waals surface area (Å²) in [5, 5.41) is 4.37. The van der Waals surface area contributed by atoms with Gasteiger partial charge in [0.1, 0.15) is 16.4 Å². The SMILES string of the molecule is COc1ccc(S(=O)(=O)c2csc3c2NC(=O)C[C@@H]3c2ccccc2OC)cc1. The summed E-state index contributed by atoms with van der Waals surface area (Å²) >= 11 is 1.33. The van der Waals surface area contributed by atoms with Crippen LogP contribution < -0.4 is 14.8 Å². The van der Waals surface area contributed by atoms with Gasteiger partial charge in [0.15, 0.2) is 0 Å². The van der Waals surface area contributed by atoms with E-state index < -0.39 is 9.84 Å². The minimum absolute atomic E-state index is 0.107. The molecule has 29 heavy (non-hydrogen) atoms. The highest BCUT2D eigenvalue weighted by atomic mass is 32.2. The maximum absolute atomic E-state index is 13.2. The molecule has 0 radical (unpaired) electrons. The van der Waals surface area contributed by atoms with Crippen molar-refractivity contribution in [3.63, 3.8) is 0 Å². The summed E-state index contributed by atoms with van der Waals surface area (Å²) in [5.41, 5.74) is 1.22. The van der Waals surface area contributed by atoms with E-state index in [2.05, 4.69) is 5.32 Å². The van der Waals surface area contributed by atoms with Crippen LogP contribution in [-0.4, -0.2) is 28.5 Å². The predicted molar refractivity (Wildman–Crippen MR) is 111 cm³/mol. The minimum atomic E-state index is -3.80. The number of thiophene rings is 1. The number of carbonyl (C=O) groups excluding carboxylic acids is 1. The first-order valence-electron chi connectivity index (χ1n) is 8.89. The van der Waals surface area contributed by atoms with Crippen molar-refractivity contribution in [3.05, 3.63) is 64.4 Å². The quantitative estimate of drug-likeness (QED) is 0.661. The standard InChI is InChI=1S/C21H19NO5S2/c1-26-13-7-9-14(10-8-13)29(24,25)18-12-28-21-16(11-19(23)22-20(18)21)15-5-3-4-6-17(15)27-2/h3-10,12,16H,11H2,1-2H3,(H,22,23)/t16-/m1/s1. The molecule has 4 rings (SSSR count). The van der Waals surface area contributed by atoms with Gasteiger partial charge in [-0.05, 0) is 30.3 Å². The third-order valence-electron chi connectivity index (χ3n) is 4.93. The van der Waals surface area contributed by atoms with Gasteiger partial charge in [-0.15, -0.1) is 11.3 Å². The molecule has 1 aliphatic rings. The molecule has 6 nitrogen and oxygen atoms in total. The van der Waals surface area contributed by atoms with Gasteiger partial charge in [0.25, 0.3) is 0 Å². The van der Waals surface area contributed by atoms with Gasteiger partial charge >= 0.3 is 0 Å². The van der Waals surface area contributed by atoms with E-state index in [-0.39, 0.29) is 28.0 Å². The number of hydrogen-bond donors (Lipinski definition) is 1. The normalized spacial score (nSPS) is 16.1. The minimum Gasteiger partial charge on any atom is -0.497 e. The Hall–Kier alpha value is -2.84. The highest BCUT2D eigenvalue weighted by Crippen LogP contribution is 2.47. The molecule has 0 saturated heterocycles. The van der Waals surface area contributed by atoms with Gasteiger partial charge in [-0.2, -0.15) is 0 Å². The van der Waals surface area contributed by atoms with E-state index in [0.29, 0.717) is 17.2 Å². The fraction of sp³-hybridized carbons (Fsp3) is 0.190. The number of benzene rings is 2. The van der Waals surface area contributed by atoms with Crippen molar-refractivity contribution in [2.24, 2.45) is 0 Å². The summed E-state index contributed by atoms with van der Waals surface area (Å²) in [6.07, 6.45) is 0.232. The van der Waals surface area contributed by atoms with E-state index in [9.17, 15) is 13.2 Å². The number of rotatable bonds is 5. The zero-order chi connectivity index (χ0) is 20.6. The maximum atomic E-state index is 13.2. The topological polar surface area (TPSA) is 81.7 Å². The largest absolute Gasteiger partial charge is 0.497 e. The van der Waals surface area contributed by atoms with Crippen molar-refractivity contribution in [1.29, 1.82) is 0 Å². The number of para-hydroxylation sites is 1. The van der Waals surface area contributed by atoms with Crippen LogP contribution in [0.15, 0.2) is 63.7 Å². The molecule has 1 amide bonds. The van der Waals surface area contributed by atoms with Crippen molar-refractivity contribution in [2.45, 2.75) is 22.1 Å². The van der Waals surface area contributed by atoms with Gasteiger partial charge in [-0.25, -0.2) is 8.42 Å². The van der Waals surface area contributed by atoms with Crippen LogP contribution >= 0.6 is 11.3 Å². The number of fused-ring (bicyclic) bond motifs is 1. The molecule has 2 aromatic carbocycles. The summed E-state index contributed by atoms with van der Waals surface area (Å²) in [7, 11) is -0.698. The predicted octanol–water partition coefficient (Wildman–Crippen LogP) is 4.07. The molecule has 3 aromatic rings. The average molecular weight is 430 g/mol. The molecule has 0 saturated carbocycles. The fourth-order valence-corrected chi connectivity index (χ4v) is 6.39. The molecule has 1 aromatic heterocycles. The van der Waals surface area contributed by atoms with Crippen molar-refractivity contribution < 1.29 is 22.7 Å². The number of hydrogen-bond acceptors (Lipinski definition) is 6. The Morgan fingerprint density at radius 3 is 2.45 bits per heavy atom. The first-order chi connectivity index (χ1) is 14.0. The smallest absolute Gasteiger partial charge is 0.225 e. The molecule has 150 valence electrons. The number of carbonyl (C=O) groups is 1. The number of nitrogens with one attached hydrogen (secondary N) is 1. The molecule has 0 unspecified atom stereocenters. The Kier molecular flexibility index (Phi) is 5.06. The van der Waals surface area contributed by atoms with Crippen LogP contribution in [0.1, 0.15) is 22.8 Å². The van der Waals surface area contributed by atoms with E-state index in [1.54, 1.807) is 24.6 Å². The van der Waals surface area contributed by atoms with Crippen molar-refractivity contribution >= 4 is 32.8 Å². The summed E-state index contributed by atoms with van der Waals surface area (Å²) in [6.45, 7) is 0. The average Bonchev–Trinajstić information content (AvgIpc) is 3.17. The van der Waals surface area contributed by atoms with E-state index >= 15 is 0 Å². The summed E-state index contributed by atoms with van der Waals surface area (Å²) in [5.74, 6) is 0.754. The number of ether oxygens (including phenoxy) is 2. The first-order valence-corrected chi connectivity index (χ1v) is 11.2. The second-order valence-corrected chi connectivity index (χ2v) is 9.39. The number of methoxy groups -OCH3 is 2. The zero-order valence-corrected chi connectivity index (χ0v) is 17.5. The van der Waals surface area contributed by atoms with Crippen molar-refractivity contribution in [1.82, 2.24) is 0 Å². The third-order valence-corrected chi connectivity index (χ3v) is 7.97. The molecular weight excluding hydrogens is 410 g/mol. The van der Waals surface area contributed by atoms with Gasteiger partial charge in [0.05, 0.1) is 24.8 Å². The van der Waals surface area contributed by atoms with Crippen LogP contribution in [0.2, 0.25) is 0 Å². The molecule has 0 spiro atoms. The van der Waals surface area contributed by atoms with Crippen LogP contribution in [0.5, 0.6) is 11.5 Å². The molecule has 0 bridgehead atoms. The molecule has 1 aliphatic heterocycles. The second kappa shape index (κ2) is 7.53. The third kappa shape index (κ3) is 3.38. The Morgan fingerprint density at radius 1 is 1.03 bits per heavy atom. The molecule has 1 N–H and O–H groups in total. The summed E-state index contributed by atoms with van der Waals surface area (Å²) in [4.78, 5) is 13.5. The van der Waals surface area contributed by atoms with E-state index in [1.165, 1.54) is 30.6 Å². The van der Waals surface area contributed by atoms with Gasteiger partial charge in [-0.3, -0.25) is 4.79 Å². The van der Waals surface area contributed by atoms with Crippen LogP contribution in [0.4, 0.5) is 5.69 Å². The number of amides is 1. The molecule has 0 fully saturated rings. The lowest BCUT2D eigenvalue weighted by Gasteiger charge is -2.25. The van der Waals surface area contributed by atoms with Crippen LogP contribution in [0.25, 0.3) is 0 Å². The van der Waals surface area contributed by atoms with E-state index in [0.717, 1.165) is 10.4 Å². The fourth-order valence-electron chi connectivity index (χ4n) is 3.49. The van der Waals surface area contributed by atoms with Crippen LogP contribution in [0.3, 0.4) is 0 Å². The molecule has 1 atom stereocenters. The van der Waals surface area contributed by atoms with Crippen molar-refractivity contribution in [3.8, 4) is 11.5 Å². The first kappa shape index (κ1) is 19.5. The Labute approximate surface area is 173 Å². The summed E-state index contributed by atoms with van der Waals surface area (Å²) in [6, 6.07) is 13.7. The van der Waals surface area contributed by atoms with Gasteiger partial charge in [0, 0.05) is 28.2 Å². The molecule has 0 aliphatic carbocycles. The lowest BCUT2D eigenvalue weighted by Crippen LogP contribution is -2.23. The Bertz CT molecular complexity index is 1170. The van der Waals surface area contributed by atoms with Crippen LogP contribution in [0, 0.1) is 0 Å². The second-order valence-electron chi connectivity index (χ2n) is 6.57. The van der Waals surface area contributed by atoms with E-state index in [1.807, 2.05) is 24.3 Å². The Morgan fingerprint density at radius 2 is 1.76 bits per heavy atom. The van der Waals surface area contributed by atoms with Gasteiger partial charge < -0.3 is 14.8 Å². The van der Waals surface area contributed by atoms with Crippen molar-refractivity contribution in [2.75, 3.05) is 19.5 Å².